The number of hydrogen-bond donors (Lipinski definition) is 0. The van der Waals surface area contributed by atoms with Crippen LogP contribution in [-0.2, 0) is 0 Å². The molecule has 0 bridgehead atoms. The predicted octanol–water partition coefficient (Wildman–Crippen LogP) is 2.85. The van der Waals surface area contributed by atoms with Crippen LogP contribution in [0.2, 0.25) is 0 Å². The Hall–Kier alpha value is -0.600. The molecular weight excluding hydrogens is 300 g/mol. The van der Waals surface area contributed by atoms with Gasteiger partial charge in [0.1, 0.15) is 0 Å². The van der Waals surface area contributed by atoms with Gasteiger partial charge in [-0.15, -0.1) is 0 Å². The van der Waals surface area contributed by atoms with Crippen LogP contribution in [0, 0.1) is 21.8 Å². The molecule has 0 fully saturated rings. The lowest BCUT2D eigenvalue weighted by molar-refractivity contribution is 0.108. The van der Waals surface area contributed by atoms with Gasteiger partial charge in [0.15, 0.2) is 0 Å². The molecule has 0 aromatic heterocycles. The summed E-state index contributed by atoms with van der Waals surface area (Å²) < 4.78 is 0.717. The standard InChI is InChI=1S/C9H5ClINO/c1-5-2-6(4-12)8(9(10)13)7(11)3-5/h2-3H,1H3. The summed E-state index contributed by atoms with van der Waals surface area (Å²) in [6.45, 7) is 1.87. The molecule has 0 amide bonds. The van der Waals surface area contributed by atoms with Gasteiger partial charge in [-0.05, 0) is 58.8 Å². The van der Waals surface area contributed by atoms with Crippen LogP contribution < -0.4 is 0 Å². The number of nitrogens with zero attached hydrogens (tertiary/aromatic N) is 1. The summed E-state index contributed by atoms with van der Waals surface area (Å²) >= 11 is 7.34. The SMILES string of the molecule is Cc1cc(I)c(C(=O)Cl)c(C#N)c1. The first-order valence-electron chi connectivity index (χ1n) is 3.46. The topological polar surface area (TPSA) is 40.9 Å². The van der Waals surface area contributed by atoms with Crippen LogP contribution in [0.4, 0.5) is 0 Å². The molecule has 0 unspecified atom stereocenters. The third-order valence-corrected chi connectivity index (χ3v) is 2.59. The quantitative estimate of drug-likeness (QED) is 0.591. The highest BCUT2D eigenvalue weighted by Crippen LogP contribution is 2.20. The van der Waals surface area contributed by atoms with Gasteiger partial charge in [-0.25, -0.2) is 0 Å². The lowest BCUT2D eigenvalue weighted by Crippen LogP contribution is -1.98. The molecule has 66 valence electrons. The van der Waals surface area contributed by atoms with Crippen molar-refractivity contribution in [1.82, 2.24) is 0 Å². The number of nitriles is 1. The van der Waals surface area contributed by atoms with E-state index in [0.29, 0.717) is 14.7 Å². The van der Waals surface area contributed by atoms with Crippen molar-refractivity contribution in [3.63, 3.8) is 0 Å². The number of benzene rings is 1. The molecule has 0 N–H and O–H groups in total. The van der Waals surface area contributed by atoms with E-state index < -0.39 is 5.24 Å². The van der Waals surface area contributed by atoms with Crippen molar-refractivity contribution in [2.75, 3.05) is 0 Å². The Kier molecular flexibility index (Phi) is 3.28. The van der Waals surface area contributed by atoms with Crippen molar-refractivity contribution < 1.29 is 4.79 Å². The lowest BCUT2D eigenvalue weighted by Gasteiger charge is -2.02. The average molecular weight is 306 g/mol. The van der Waals surface area contributed by atoms with E-state index in [0.717, 1.165) is 5.56 Å². The van der Waals surface area contributed by atoms with Crippen molar-refractivity contribution in [3.8, 4) is 6.07 Å². The van der Waals surface area contributed by atoms with Crippen molar-refractivity contribution in [3.05, 3.63) is 32.4 Å². The largest absolute Gasteiger partial charge is 0.276 e. The summed E-state index contributed by atoms with van der Waals surface area (Å²) in [5.74, 6) is 0. The molecule has 0 aliphatic heterocycles. The first kappa shape index (κ1) is 10.5. The van der Waals surface area contributed by atoms with E-state index in [4.69, 9.17) is 16.9 Å². The molecule has 4 heteroatoms. The number of carbonyl (C=O) groups excluding carboxylic acids is 1. The van der Waals surface area contributed by atoms with Gasteiger partial charge in [0, 0.05) is 3.57 Å². The monoisotopic (exact) mass is 305 g/mol. The van der Waals surface area contributed by atoms with Gasteiger partial charge in [0.2, 0.25) is 0 Å². The minimum Gasteiger partial charge on any atom is -0.276 e. The molecule has 2 nitrogen and oxygen atoms in total. The maximum Gasteiger partial charge on any atom is 0.254 e. The van der Waals surface area contributed by atoms with E-state index in [1.165, 1.54) is 0 Å². The number of halogens is 2. The van der Waals surface area contributed by atoms with Crippen LogP contribution in [0.15, 0.2) is 12.1 Å². The van der Waals surface area contributed by atoms with E-state index in [1.807, 2.05) is 41.7 Å². The highest BCUT2D eigenvalue weighted by molar-refractivity contribution is 14.1. The zero-order valence-electron chi connectivity index (χ0n) is 6.77. The fraction of sp³-hybridized carbons (Fsp3) is 0.111. The minimum absolute atomic E-state index is 0.301. The molecule has 1 aromatic carbocycles. The van der Waals surface area contributed by atoms with Gasteiger partial charge in [0.25, 0.3) is 5.24 Å². The third kappa shape index (κ3) is 2.20. The lowest BCUT2D eigenvalue weighted by atomic mass is 10.1. The van der Waals surface area contributed by atoms with Gasteiger partial charge in [-0.3, -0.25) is 4.79 Å². The Bertz CT molecular complexity index is 409. The summed E-state index contributed by atoms with van der Waals surface area (Å²) in [4.78, 5) is 11.0. The third-order valence-electron chi connectivity index (χ3n) is 1.55. The first-order chi connectivity index (χ1) is 6.06. The van der Waals surface area contributed by atoms with Gasteiger partial charge in [-0.2, -0.15) is 5.26 Å². The molecule has 13 heavy (non-hydrogen) atoms. The number of rotatable bonds is 1. The van der Waals surface area contributed by atoms with Crippen LogP contribution in [0.5, 0.6) is 0 Å². The highest BCUT2D eigenvalue weighted by atomic mass is 127. The summed E-state index contributed by atoms with van der Waals surface area (Å²) in [5, 5.41) is 8.17. The Labute approximate surface area is 94.6 Å². The number of carbonyl (C=O) groups is 1. The van der Waals surface area contributed by atoms with Crippen molar-refractivity contribution in [1.29, 1.82) is 5.26 Å². The summed E-state index contributed by atoms with van der Waals surface area (Å²) in [7, 11) is 0. The molecule has 0 radical (unpaired) electrons. The average Bonchev–Trinajstić information content (AvgIpc) is 2.01. The molecule has 0 spiro atoms. The van der Waals surface area contributed by atoms with Crippen molar-refractivity contribution >= 4 is 39.4 Å². The van der Waals surface area contributed by atoms with Crippen LogP contribution >= 0.6 is 34.2 Å². The second-order valence-corrected chi connectivity index (χ2v) is 4.06. The Morgan fingerprint density at radius 2 is 2.23 bits per heavy atom. The van der Waals surface area contributed by atoms with Crippen LogP contribution in [0.25, 0.3) is 0 Å². The summed E-state index contributed by atoms with van der Waals surface area (Å²) in [6.07, 6.45) is 0. The van der Waals surface area contributed by atoms with E-state index in [2.05, 4.69) is 0 Å². The Morgan fingerprint density at radius 3 is 2.69 bits per heavy atom. The van der Waals surface area contributed by atoms with E-state index in [9.17, 15) is 4.79 Å². The maximum absolute atomic E-state index is 11.0. The van der Waals surface area contributed by atoms with Gasteiger partial charge >= 0.3 is 0 Å². The molecule has 0 saturated heterocycles. The highest BCUT2D eigenvalue weighted by Gasteiger charge is 2.13. The number of hydrogen-bond acceptors (Lipinski definition) is 2. The minimum atomic E-state index is -0.582. The molecule has 1 aromatic rings. The molecular formula is C9H5ClINO. The second kappa shape index (κ2) is 4.07. The first-order valence-corrected chi connectivity index (χ1v) is 4.92. The Balaban J connectivity index is 3.50. The number of aryl methyl sites for hydroxylation is 1. The predicted molar refractivity (Wildman–Crippen MR) is 58.8 cm³/mol. The zero-order valence-corrected chi connectivity index (χ0v) is 9.68. The van der Waals surface area contributed by atoms with Gasteiger partial charge in [0.05, 0.1) is 17.2 Å². The fourth-order valence-corrected chi connectivity index (χ4v) is 2.42. The summed E-state index contributed by atoms with van der Waals surface area (Å²) in [6, 6.07) is 5.42. The van der Waals surface area contributed by atoms with Crippen LogP contribution in [0.1, 0.15) is 21.5 Å². The smallest absolute Gasteiger partial charge is 0.254 e. The Morgan fingerprint density at radius 1 is 1.62 bits per heavy atom. The zero-order chi connectivity index (χ0) is 10.0. The fourth-order valence-electron chi connectivity index (χ4n) is 1.03. The summed E-state index contributed by atoms with van der Waals surface area (Å²) in [5.41, 5.74) is 1.59. The van der Waals surface area contributed by atoms with Crippen molar-refractivity contribution in [2.24, 2.45) is 0 Å². The van der Waals surface area contributed by atoms with Gasteiger partial charge in [-0.1, -0.05) is 0 Å². The van der Waals surface area contributed by atoms with Crippen molar-refractivity contribution in [2.45, 2.75) is 6.92 Å². The molecule has 0 aliphatic rings. The van der Waals surface area contributed by atoms with Crippen LogP contribution in [-0.4, -0.2) is 5.24 Å². The van der Waals surface area contributed by atoms with E-state index in [1.54, 1.807) is 6.07 Å². The molecule has 1 rings (SSSR count). The normalized spacial score (nSPS) is 9.38. The maximum atomic E-state index is 11.0. The molecule has 0 atom stereocenters. The molecule has 0 aliphatic carbocycles. The molecule has 0 heterocycles. The van der Waals surface area contributed by atoms with E-state index >= 15 is 0 Å². The van der Waals surface area contributed by atoms with Gasteiger partial charge < -0.3 is 0 Å². The molecule has 0 saturated carbocycles. The van der Waals surface area contributed by atoms with Crippen LogP contribution in [0.3, 0.4) is 0 Å². The van der Waals surface area contributed by atoms with E-state index in [-0.39, 0.29) is 0 Å². The second-order valence-electron chi connectivity index (χ2n) is 2.55.